The van der Waals surface area contributed by atoms with Gasteiger partial charge in [0.1, 0.15) is 23.3 Å². The largest absolute Gasteiger partial charge is 0.401 e. The second kappa shape index (κ2) is 7.15. The normalized spacial score (nSPS) is 16.4. The van der Waals surface area contributed by atoms with Crippen LogP contribution < -0.4 is 10.6 Å². The van der Waals surface area contributed by atoms with Crippen LogP contribution >= 0.6 is 0 Å². The molecule has 2 aromatic heterocycles. The number of nitrogens with one attached hydrogen (secondary N) is 2. The summed E-state index contributed by atoms with van der Waals surface area (Å²) in [4.78, 5) is 46.6. The number of aromatic nitrogens is 4. The van der Waals surface area contributed by atoms with Gasteiger partial charge in [-0.1, -0.05) is 0 Å². The van der Waals surface area contributed by atoms with Gasteiger partial charge in [-0.05, 0) is 19.8 Å². The van der Waals surface area contributed by atoms with Crippen LogP contribution in [-0.4, -0.2) is 46.9 Å². The summed E-state index contributed by atoms with van der Waals surface area (Å²) in [5.41, 5.74) is -3.31. The van der Waals surface area contributed by atoms with E-state index >= 15 is 0 Å². The van der Waals surface area contributed by atoms with Crippen LogP contribution in [0.15, 0.2) is 0 Å². The summed E-state index contributed by atoms with van der Waals surface area (Å²) in [6.07, 6.45) is -1.74. The molecule has 33 heavy (non-hydrogen) atoms. The highest BCUT2D eigenvalue weighted by atomic mass is 16.6. The summed E-state index contributed by atoms with van der Waals surface area (Å²) >= 11 is 0. The number of nitrogens with zero attached hydrogens (tertiary/aromatic N) is 10. The first-order valence-electron chi connectivity index (χ1n) is 8.46. The molecule has 0 aliphatic carbocycles. The number of nitriles is 3. The van der Waals surface area contributed by atoms with Gasteiger partial charge in [-0.25, -0.2) is 9.97 Å². The van der Waals surface area contributed by atoms with Crippen molar-refractivity contribution in [2.75, 3.05) is 10.6 Å². The van der Waals surface area contributed by atoms with Gasteiger partial charge in [0.25, 0.3) is 0 Å². The van der Waals surface area contributed by atoms with E-state index in [1.165, 1.54) is 12.1 Å². The lowest BCUT2D eigenvalue weighted by Gasteiger charge is -2.26. The van der Waals surface area contributed by atoms with Gasteiger partial charge in [0, 0.05) is 4.92 Å². The van der Waals surface area contributed by atoms with E-state index in [1.54, 1.807) is 6.07 Å². The molecule has 1 aromatic carbocycles. The van der Waals surface area contributed by atoms with Crippen molar-refractivity contribution >= 4 is 45.1 Å². The molecule has 0 radical (unpaired) electrons. The van der Waals surface area contributed by atoms with Gasteiger partial charge in [0.2, 0.25) is 28.5 Å². The van der Waals surface area contributed by atoms with Gasteiger partial charge in [-0.3, -0.25) is 10.1 Å². The third-order valence-corrected chi connectivity index (χ3v) is 4.53. The van der Waals surface area contributed by atoms with E-state index in [9.17, 15) is 46.1 Å². The standard InChI is InChI=1S/C15H4N12O6/c16-1-4-13(25(28)29)22-10-7(19-4)8-11(23-14(26(30)31)5(2-17)20-8)12-9(10)21-6(3-18)15(24-12)27(32)33/h5,14,20,23H. The first-order valence-corrected chi connectivity index (χ1v) is 8.46. The van der Waals surface area contributed by atoms with E-state index in [-0.39, 0.29) is 27.9 Å². The molecule has 18 heteroatoms. The lowest BCUT2D eigenvalue weighted by Crippen LogP contribution is -2.47. The SMILES string of the molecule is N#Cc1nc2c(nc1[N+](=O)[O-])c1c(c3nc(C#N)c([N+](=O)[O-])nc32)NC(C#N)C([N+](=O)[O-])N1. The third kappa shape index (κ3) is 2.94. The Hall–Kier alpha value is -5.83. The van der Waals surface area contributed by atoms with Crippen molar-refractivity contribution in [2.45, 2.75) is 12.2 Å². The molecule has 3 heterocycles. The Morgan fingerprint density at radius 3 is 1.67 bits per heavy atom. The van der Waals surface area contributed by atoms with Gasteiger partial charge >= 0.3 is 17.8 Å². The Bertz CT molecular complexity index is 1560. The molecule has 3 aromatic rings. The zero-order valence-electron chi connectivity index (χ0n) is 15.6. The van der Waals surface area contributed by atoms with E-state index in [4.69, 9.17) is 0 Å². The maximum absolute atomic E-state index is 11.4. The van der Waals surface area contributed by atoms with E-state index in [0.717, 1.165) is 0 Å². The van der Waals surface area contributed by atoms with Crippen LogP contribution in [0, 0.1) is 64.3 Å². The summed E-state index contributed by atoms with van der Waals surface area (Å²) in [5, 5.41) is 67.0. The second-order valence-electron chi connectivity index (χ2n) is 6.30. The number of hydrogen-bond acceptors (Lipinski definition) is 15. The van der Waals surface area contributed by atoms with Crippen molar-refractivity contribution < 1.29 is 14.8 Å². The molecule has 0 amide bonds. The quantitative estimate of drug-likeness (QED) is 0.312. The fourth-order valence-corrected chi connectivity index (χ4v) is 3.20. The Labute approximate surface area is 179 Å². The van der Waals surface area contributed by atoms with Crippen LogP contribution in [-0.2, 0) is 0 Å². The third-order valence-electron chi connectivity index (χ3n) is 4.53. The van der Waals surface area contributed by atoms with Crippen molar-refractivity contribution in [1.82, 2.24) is 19.9 Å². The van der Waals surface area contributed by atoms with Crippen molar-refractivity contribution in [3.05, 3.63) is 41.7 Å². The van der Waals surface area contributed by atoms with Crippen LogP contribution in [0.3, 0.4) is 0 Å². The molecule has 0 saturated heterocycles. The molecule has 18 nitrogen and oxygen atoms in total. The summed E-state index contributed by atoms with van der Waals surface area (Å²) < 4.78 is 0. The van der Waals surface area contributed by atoms with Crippen LogP contribution in [0.2, 0.25) is 0 Å². The molecular weight excluding hydrogens is 444 g/mol. The predicted octanol–water partition coefficient (Wildman–Crippen LogP) is 0.465. The van der Waals surface area contributed by atoms with Gasteiger partial charge in [-0.2, -0.15) is 15.8 Å². The average Bonchev–Trinajstić information content (AvgIpc) is 2.81. The minimum absolute atomic E-state index is 0.172. The minimum atomic E-state index is -1.74. The number of rotatable bonds is 3. The molecule has 0 saturated carbocycles. The Morgan fingerprint density at radius 2 is 1.18 bits per heavy atom. The number of anilines is 2. The number of fused-ring (bicyclic) bond motifs is 6. The first kappa shape index (κ1) is 20.4. The second-order valence-corrected chi connectivity index (χ2v) is 6.30. The lowest BCUT2D eigenvalue weighted by atomic mass is 10.1. The Kier molecular flexibility index (Phi) is 4.43. The minimum Gasteiger partial charge on any atom is -0.359 e. The summed E-state index contributed by atoms with van der Waals surface area (Å²) in [6, 6.07) is 3.18. The van der Waals surface area contributed by atoms with Crippen molar-refractivity contribution in [3.63, 3.8) is 0 Å². The van der Waals surface area contributed by atoms with Gasteiger partial charge in [0.05, 0.1) is 11.8 Å². The maximum atomic E-state index is 11.4. The highest BCUT2D eigenvalue weighted by molar-refractivity contribution is 6.15. The van der Waals surface area contributed by atoms with Crippen molar-refractivity contribution in [1.29, 1.82) is 15.8 Å². The van der Waals surface area contributed by atoms with Crippen LogP contribution in [0.5, 0.6) is 0 Å². The first-order chi connectivity index (χ1) is 15.7. The maximum Gasteiger partial charge on any atom is 0.401 e. The fourth-order valence-electron chi connectivity index (χ4n) is 3.20. The highest BCUT2D eigenvalue weighted by Crippen LogP contribution is 2.42. The summed E-state index contributed by atoms with van der Waals surface area (Å²) in [7, 11) is 0. The molecule has 4 rings (SSSR count). The fraction of sp³-hybridized carbons (Fsp3) is 0.133. The zero-order chi connectivity index (χ0) is 24.0. The molecule has 2 unspecified atom stereocenters. The summed E-state index contributed by atoms with van der Waals surface area (Å²) in [5.74, 6) is -1.95. The molecule has 0 bridgehead atoms. The molecule has 1 aliphatic rings. The number of benzene rings is 1. The zero-order valence-corrected chi connectivity index (χ0v) is 15.6. The predicted molar refractivity (Wildman–Crippen MR) is 103 cm³/mol. The van der Waals surface area contributed by atoms with E-state index in [0.29, 0.717) is 0 Å². The van der Waals surface area contributed by atoms with E-state index < -0.39 is 55.5 Å². The van der Waals surface area contributed by atoms with Crippen LogP contribution in [0.1, 0.15) is 11.4 Å². The smallest absolute Gasteiger partial charge is 0.359 e. The Balaban J connectivity index is 2.24. The van der Waals surface area contributed by atoms with Crippen molar-refractivity contribution in [3.8, 4) is 18.2 Å². The topological polar surface area (TPSA) is 276 Å². The number of hydrogen-bond donors (Lipinski definition) is 2. The molecule has 2 atom stereocenters. The summed E-state index contributed by atoms with van der Waals surface area (Å²) in [6.45, 7) is 0. The number of nitro groups is 3. The van der Waals surface area contributed by atoms with Gasteiger partial charge < -0.3 is 30.9 Å². The molecule has 160 valence electrons. The van der Waals surface area contributed by atoms with Crippen LogP contribution in [0.25, 0.3) is 22.1 Å². The van der Waals surface area contributed by atoms with Gasteiger partial charge in [-0.15, -0.1) is 0 Å². The van der Waals surface area contributed by atoms with Gasteiger partial charge in [0.15, 0.2) is 5.52 Å². The Morgan fingerprint density at radius 1 is 0.727 bits per heavy atom. The molecule has 1 aliphatic heterocycles. The highest BCUT2D eigenvalue weighted by Gasteiger charge is 2.42. The van der Waals surface area contributed by atoms with Crippen LogP contribution in [0.4, 0.5) is 23.0 Å². The molecule has 0 fully saturated rings. The average molecular weight is 448 g/mol. The molecule has 2 N–H and O–H groups in total. The lowest BCUT2D eigenvalue weighted by molar-refractivity contribution is -0.515. The van der Waals surface area contributed by atoms with Crippen molar-refractivity contribution in [2.24, 2.45) is 0 Å². The van der Waals surface area contributed by atoms with E-state index in [2.05, 4.69) is 30.6 Å². The molecular formula is C15H4N12O6. The van der Waals surface area contributed by atoms with E-state index in [1.807, 2.05) is 0 Å². The molecule has 0 spiro atoms. The monoisotopic (exact) mass is 448 g/mol.